The highest BCUT2D eigenvalue weighted by Crippen LogP contribution is 2.30. The van der Waals surface area contributed by atoms with Crippen molar-refractivity contribution in [1.82, 2.24) is 9.97 Å². The van der Waals surface area contributed by atoms with Gasteiger partial charge in [0.05, 0.1) is 0 Å². The molecule has 2 aromatic rings. The van der Waals surface area contributed by atoms with Gasteiger partial charge in [-0.25, -0.2) is 4.98 Å². The molecule has 0 radical (unpaired) electrons. The summed E-state index contributed by atoms with van der Waals surface area (Å²) < 4.78 is 39.4. The highest BCUT2D eigenvalue weighted by Gasteiger charge is 2.34. The minimum Gasteiger partial charge on any atom is -0.366 e. The van der Waals surface area contributed by atoms with E-state index in [1.165, 1.54) is 6.42 Å². The summed E-state index contributed by atoms with van der Waals surface area (Å²) in [5.41, 5.74) is 0.0350. The lowest BCUT2D eigenvalue weighted by Crippen LogP contribution is -2.24. The fourth-order valence-corrected chi connectivity index (χ4v) is 2.97. The lowest BCUT2D eigenvalue weighted by atomic mass is 9.96. The number of benzene rings is 1. The van der Waals surface area contributed by atoms with E-state index in [0.717, 1.165) is 37.3 Å². The van der Waals surface area contributed by atoms with E-state index in [-0.39, 0.29) is 17.8 Å². The fraction of sp³-hybridized carbons (Fsp3) is 0.444. The van der Waals surface area contributed by atoms with E-state index in [1.54, 1.807) is 0 Å². The van der Waals surface area contributed by atoms with Crippen molar-refractivity contribution in [3.05, 3.63) is 47.7 Å². The van der Waals surface area contributed by atoms with Crippen molar-refractivity contribution < 1.29 is 13.2 Å². The molecule has 0 saturated heterocycles. The van der Waals surface area contributed by atoms with Crippen LogP contribution in [0.1, 0.15) is 43.4 Å². The second-order valence-electron chi connectivity index (χ2n) is 6.28. The Bertz CT molecular complexity index is 682. The summed E-state index contributed by atoms with van der Waals surface area (Å²) in [5.74, 6) is 0.210. The molecule has 4 nitrogen and oxygen atoms in total. The quantitative estimate of drug-likeness (QED) is 0.809. The predicted octanol–water partition coefficient (Wildman–Crippen LogP) is 4.85. The molecular formula is C18H21F3N4. The largest absolute Gasteiger partial charge is 0.433 e. The van der Waals surface area contributed by atoms with Crippen LogP contribution >= 0.6 is 0 Å². The van der Waals surface area contributed by atoms with Gasteiger partial charge in [0.1, 0.15) is 5.82 Å². The van der Waals surface area contributed by atoms with Crippen molar-refractivity contribution in [2.75, 3.05) is 10.6 Å². The third-order valence-electron chi connectivity index (χ3n) is 4.27. The first-order valence-electron chi connectivity index (χ1n) is 8.51. The number of hydrogen-bond acceptors (Lipinski definition) is 4. The predicted molar refractivity (Wildman–Crippen MR) is 91.3 cm³/mol. The number of nitrogens with one attached hydrogen (secondary N) is 2. The van der Waals surface area contributed by atoms with Crippen LogP contribution in [-0.4, -0.2) is 16.0 Å². The van der Waals surface area contributed by atoms with Crippen molar-refractivity contribution in [2.24, 2.45) is 0 Å². The minimum atomic E-state index is -4.50. The molecule has 1 heterocycles. The Morgan fingerprint density at radius 3 is 2.40 bits per heavy atom. The van der Waals surface area contributed by atoms with Crippen LogP contribution in [0, 0.1) is 0 Å². The van der Waals surface area contributed by atoms with Crippen LogP contribution in [0.15, 0.2) is 36.4 Å². The first kappa shape index (κ1) is 17.5. The molecule has 0 atom stereocenters. The van der Waals surface area contributed by atoms with Gasteiger partial charge in [0, 0.05) is 18.7 Å². The molecule has 25 heavy (non-hydrogen) atoms. The van der Waals surface area contributed by atoms with Gasteiger partial charge in [-0.05, 0) is 18.4 Å². The molecule has 3 rings (SSSR count). The lowest BCUT2D eigenvalue weighted by molar-refractivity contribution is -0.141. The molecule has 0 aliphatic heterocycles. The van der Waals surface area contributed by atoms with Crippen LogP contribution in [0.25, 0.3) is 0 Å². The molecule has 0 spiro atoms. The average molecular weight is 350 g/mol. The molecule has 7 heteroatoms. The summed E-state index contributed by atoms with van der Waals surface area (Å²) in [4.78, 5) is 7.89. The summed E-state index contributed by atoms with van der Waals surface area (Å²) in [5, 5.41) is 6.03. The maximum absolute atomic E-state index is 13.1. The Labute approximate surface area is 144 Å². The van der Waals surface area contributed by atoms with Gasteiger partial charge in [0.25, 0.3) is 0 Å². The molecule has 0 bridgehead atoms. The number of rotatable bonds is 5. The Hall–Kier alpha value is -2.31. The van der Waals surface area contributed by atoms with Crippen LogP contribution in [0.5, 0.6) is 0 Å². The zero-order valence-corrected chi connectivity index (χ0v) is 13.8. The molecule has 1 fully saturated rings. The van der Waals surface area contributed by atoms with Crippen LogP contribution < -0.4 is 10.6 Å². The summed E-state index contributed by atoms with van der Waals surface area (Å²) in [7, 11) is 0. The zero-order chi connectivity index (χ0) is 17.7. The van der Waals surface area contributed by atoms with Gasteiger partial charge in [0.2, 0.25) is 5.95 Å². The average Bonchev–Trinajstić information content (AvgIpc) is 2.61. The Kier molecular flexibility index (Phi) is 5.40. The van der Waals surface area contributed by atoms with Crippen molar-refractivity contribution in [3.8, 4) is 0 Å². The SMILES string of the molecule is FC(F)(F)c1cc(NCc2ccccc2)nc(NC2CCCCC2)n1. The van der Waals surface area contributed by atoms with Gasteiger partial charge in [0.15, 0.2) is 5.69 Å². The van der Waals surface area contributed by atoms with Gasteiger partial charge < -0.3 is 10.6 Å². The molecule has 1 saturated carbocycles. The van der Waals surface area contributed by atoms with Gasteiger partial charge in [-0.15, -0.1) is 0 Å². The first-order chi connectivity index (χ1) is 12.0. The third kappa shape index (κ3) is 5.08. The Balaban J connectivity index is 1.77. The molecule has 134 valence electrons. The monoisotopic (exact) mass is 350 g/mol. The van der Waals surface area contributed by atoms with Gasteiger partial charge in [-0.1, -0.05) is 49.6 Å². The third-order valence-corrected chi connectivity index (χ3v) is 4.27. The highest BCUT2D eigenvalue weighted by atomic mass is 19.4. The van der Waals surface area contributed by atoms with E-state index in [4.69, 9.17) is 0 Å². The van der Waals surface area contributed by atoms with Gasteiger partial charge in [-0.2, -0.15) is 18.2 Å². The van der Waals surface area contributed by atoms with Crippen LogP contribution in [0.3, 0.4) is 0 Å². The number of aromatic nitrogens is 2. The van der Waals surface area contributed by atoms with Crippen molar-refractivity contribution in [2.45, 2.75) is 50.9 Å². The van der Waals surface area contributed by atoms with Gasteiger partial charge >= 0.3 is 6.18 Å². The molecule has 0 amide bonds. The van der Waals surface area contributed by atoms with Crippen molar-refractivity contribution in [1.29, 1.82) is 0 Å². The summed E-state index contributed by atoms with van der Waals surface area (Å²) in [6.07, 6.45) is 0.699. The van der Waals surface area contributed by atoms with E-state index >= 15 is 0 Å². The summed E-state index contributed by atoms with van der Waals surface area (Å²) in [6, 6.07) is 10.6. The number of halogens is 3. The van der Waals surface area contributed by atoms with E-state index in [9.17, 15) is 13.2 Å². The summed E-state index contributed by atoms with van der Waals surface area (Å²) in [6.45, 7) is 0.401. The van der Waals surface area contributed by atoms with E-state index < -0.39 is 11.9 Å². The molecule has 1 aromatic carbocycles. The van der Waals surface area contributed by atoms with Crippen molar-refractivity contribution >= 4 is 11.8 Å². The number of nitrogens with zero attached hydrogens (tertiary/aromatic N) is 2. The van der Waals surface area contributed by atoms with Crippen LogP contribution in [0.4, 0.5) is 24.9 Å². The Morgan fingerprint density at radius 1 is 1.00 bits per heavy atom. The molecule has 1 aliphatic carbocycles. The second-order valence-corrected chi connectivity index (χ2v) is 6.28. The normalized spacial score (nSPS) is 15.8. The fourth-order valence-electron chi connectivity index (χ4n) is 2.97. The van der Waals surface area contributed by atoms with E-state index in [2.05, 4.69) is 20.6 Å². The Morgan fingerprint density at radius 2 is 1.72 bits per heavy atom. The van der Waals surface area contributed by atoms with Crippen LogP contribution in [0.2, 0.25) is 0 Å². The van der Waals surface area contributed by atoms with Crippen LogP contribution in [-0.2, 0) is 12.7 Å². The lowest BCUT2D eigenvalue weighted by Gasteiger charge is -2.23. The molecular weight excluding hydrogens is 329 g/mol. The maximum atomic E-state index is 13.1. The second kappa shape index (κ2) is 7.72. The molecule has 1 aliphatic rings. The summed E-state index contributed by atoms with van der Waals surface area (Å²) >= 11 is 0. The minimum absolute atomic E-state index is 0.0392. The maximum Gasteiger partial charge on any atom is 0.433 e. The number of alkyl halides is 3. The van der Waals surface area contributed by atoms with E-state index in [0.29, 0.717) is 6.54 Å². The molecule has 1 aromatic heterocycles. The molecule has 2 N–H and O–H groups in total. The number of hydrogen-bond donors (Lipinski definition) is 2. The topological polar surface area (TPSA) is 49.8 Å². The van der Waals surface area contributed by atoms with E-state index in [1.807, 2.05) is 30.3 Å². The first-order valence-corrected chi connectivity index (χ1v) is 8.51. The highest BCUT2D eigenvalue weighted by molar-refractivity contribution is 5.44. The van der Waals surface area contributed by atoms with Gasteiger partial charge in [-0.3, -0.25) is 0 Å². The number of anilines is 2. The molecule has 0 unspecified atom stereocenters. The smallest absolute Gasteiger partial charge is 0.366 e. The zero-order valence-electron chi connectivity index (χ0n) is 13.8. The standard InChI is InChI=1S/C18H21F3N4/c19-18(20,21)15-11-16(22-12-13-7-3-1-4-8-13)25-17(24-15)23-14-9-5-2-6-10-14/h1,3-4,7-8,11,14H,2,5-6,9-10,12H2,(H2,22,23,24,25). The van der Waals surface area contributed by atoms with Crippen molar-refractivity contribution in [3.63, 3.8) is 0 Å².